The standard InChI is InChI=1S/C15H16N2O4/c1-10(2)20-13-7-4-8-14(15(13)17(18)19)21-12-6-3-5-11(16)9-12/h3-10H,16H2,1-2H3. The number of nitro groups is 1. The lowest BCUT2D eigenvalue weighted by Gasteiger charge is -2.12. The lowest BCUT2D eigenvalue weighted by Crippen LogP contribution is -2.08. The molecule has 0 saturated heterocycles. The van der Waals surface area contributed by atoms with Crippen molar-refractivity contribution in [2.75, 3.05) is 5.73 Å². The molecule has 0 aliphatic heterocycles. The van der Waals surface area contributed by atoms with Crippen LogP contribution >= 0.6 is 0 Å². The first kappa shape index (κ1) is 14.6. The van der Waals surface area contributed by atoms with E-state index >= 15 is 0 Å². The number of anilines is 1. The van der Waals surface area contributed by atoms with Gasteiger partial charge in [0.2, 0.25) is 11.5 Å². The van der Waals surface area contributed by atoms with Crippen LogP contribution in [0.3, 0.4) is 0 Å². The van der Waals surface area contributed by atoms with Crippen LogP contribution in [0.1, 0.15) is 13.8 Å². The van der Waals surface area contributed by atoms with E-state index in [0.29, 0.717) is 11.4 Å². The number of hydrogen-bond donors (Lipinski definition) is 1. The average molecular weight is 288 g/mol. The van der Waals surface area contributed by atoms with E-state index in [1.807, 2.05) is 0 Å². The van der Waals surface area contributed by atoms with Crippen molar-refractivity contribution in [3.05, 3.63) is 52.6 Å². The van der Waals surface area contributed by atoms with Gasteiger partial charge in [0.25, 0.3) is 0 Å². The van der Waals surface area contributed by atoms with Crippen LogP contribution < -0.4 is 15.2 Å². The van der Waals surface area contributed by atoms with Gasteiger partial charge in [0.15, 0.2) is 0 Å². The Hall–Kier alpha value is -2.76. The second kappa shape index (κ2) is 6.13. The van der Waals surface area contributed by atoms with Crippen molar-refractivity contribution < 1.29 is 14.4 Å². The number of nitrogen functional groups attached to an aromatic ring is 1. The summed E-state index contributed by atoms with van der Waals surface area (Å²) in [6.07, 6.45) is -0.175. The number of benzene rings is 2. The highest BCUT2D eigenvalue weighted by molar-refractivity contribution is 5.59. The van der Waals surface area contributed by atoms with Gasteiger partial charge in [-0.2, -0.15) is 0 Å². The minimum atomic E-state index is -0.515. The number of nitrogens with two attached hydrogens (primary N) is 1. The largest absolute Gasteiger partial charge is 0.484 e. The number of nitro benzene ring substituents is 1. The molecule has 110 valence electrons. The molecule has 2 aromatic rings. The van der Waals surface area contributed by atoms with Crippen molar-refractivity contribution >= 4 is 11.4 Å². The monoisotopic (exact) mass is 288 g/mol. The maximum atomic E-state index is 11.3. The molecule has 0 aliphatic carbocycles. The van der Waals surface area contributed by atoms with Crippen LogP contribution in [0.25, 0.3) is 0 Å². The zero-order valence-corrected chi connectivity index (χ0v) is 11.8. The molecule has 6 heteroatoms. The number of para-hydroxylation sites is 1. The minimum Gasteiger partial charge on any atom is -0.484 e. The second-order valence-corrected chi connectivity index (χ2v) is 4.70. The molecule has 0 spiro atoms. The van der Waals surface area contributed by atoms with Crippen LogP contribution in [0.15, 0.2) is 42.5 Å². The van der Waals surface area contributed by atoms with Gasteiger partial charge in [-0.25, -0.2) is 0 Å². The number of nitrogens with zero attached hydrogens (tertiary/aromatic N) is 1. The molecule has 0 saturated carbocycles. The number of hydrogen-bond acceptors (Lipinski definition) is 5. The van der Waals surface area contributed by atoms with E-state index in [1.54, 1.807) is 50.2 Å². The maximum Gasteiger partial charge on any atom is 0.352 e. The molecule has 0 aliphatic rings. The molecule has 21 heavy (non-hydrogen) atoms. The summed E-state index contributed by atoms with van der Waals surface area (Å²) in [5.41, 5.74) is 5.99. The van der Waals surface area contributed by atoms with Gasteiger partial charge in [-0.05, 0) is 38.1 Å². The van der Waals surface area contributed by atoms with Gasteiger partial charge in [0, 0.05) is 11.8 Å². The molecule has 2 aromatic carbocycles. The SMILES string of the molecule is CC(C)Oc1cccc(Oc2cccc(N)c2)c1[N+](=O)[O-]. The van der Waals surface area contributed by atoms with E-state index in [9.17, 15) is 10.1 Å². The Morgan fingerprint density at radius 3 is 2.43 bits per heavy atom. The molecule has 2 rings (SSSR count). The topological polar surface area (TPSA) is 87.6 Å². The quantitative estimate of drug-likeness (QED) is 0.514. The predicted octanol–water partition coefficient (Wildman–Crippen LogP) is 3.76. The van der Waals surface area contributed by atoms with Gasteiger partial charge in [0.1, 0.15) is 5.75 Å². The molecule has 0 fully saturated rings. The summed E-state index contributed by atoms with van der Waals surface area (Å²) in [4.78, 5) is 10.8. The normalized spacial score (nSPS) is 10.4. The summed E-state index contributed by atoms with van der Waals surface area (Å²) in [6, 6.07) is 11.4. The van der Waals surface area contributed by atoms with Crippen LogP contribution in [0.5, 0.6) is 17.2 Å². The lowest BCUT2D eigenvalue weighted by molar-refractivity contribution is -0.386. The fourth-order valence-electron chi connectivity index (χ4n) is 1.82. The fraction of sp³-hybridized carbons (Fsp3) is 0.200. The first-order chi connectivity index (χ1) is 9.97. The molecular weight excluding hydrogens is 272 g/mol. The summed E-state index contributed by atoms with van der Waals surface area (Å²) in [7, 11) is 0. The van der Waals surface area contributed by atoms with Gasteiger partial charge in [-0.1, -0.05) is 12.1 Å². The summed E-state index contributed by atoms with van der Waals surface area (Å²) in [5.74, 6) is 0.722. The highest BCUT2D eigenvalue weighted by atomic mass is 16.6. The van der Waals surface area contributed by atoms with Crippen molar-refractivity contribution in [1.29, 1.82) is 0 Å². The highest BCUT2D eigenvalue weighted by Gasteiger charge is 2.23. The average Bonchev–Trinajstić information content (AvgIpc) is 2.37. The highest BCUT2D eigenvalue weighted by Crippen LogP contribution is 2.39. The van der Waals surface area contributed by atoms with Gasteiger partial charge in [-0.15, -0.1) is 0 Å². The molecule has 0 bridgehead atoms. The molecule has 0 heterocycles. The molecule has 0 amide bonds. The van der Waals surface area contributed by atoms with Crippen molar-refractivity contribution in [3.63, 3.8) is 0 Å². The molecule has 0 unspecified atom stereocenters. The first-order valence-electron chi connectivity index (χ1n) is 6.45. The van der Waals surface area contributed by atoms with Crippen LogP contribution in [0, 0.1) is 10.1 Å². The third-order valence-corrected chi connectivity index (χ3v) is 2.59. The predicted molar refractivity (Wildman–Crippen MR) is 79.8 cm³/mol. The minimum absolute atomic E-state index is 0.115. The third-order valence-electron chi connectivity index (χ3n) is 2.59. The Morgan fingerprint density at radius 1 is 1.14 bits per heavy atom. The van der Waals surface area contributed by atoms with E-state index in [1.165, 1.54) is 6.07 Å². The molecule has 0 radical (unpaired) electrons. The second-order valence-electron chi connectivity index (χ2n) is 4.70. The zero-order valence-electron chi connectivity index (χ0n) is 11.8. The summed E-state index contributed by atoms with van der Waals surface area (Å²) in [5, 5.41) is 11.3. The smallest absolute Gasteiger partial charge is 0.352 e. The van der Waals surface area contributed by atoms with E-state index in [4.69, 9.17) is 15.2 Å². The molecule has 0 aromatic heterocycles. The Bertz CT molecular complexity index is 656. The van der Waals surface area contributed by atoms with Crippen molar-refractivity contribution in [2.45, 2.75) is 20.0 Å². The van der Waals surface area contributed by atoms with Crippen molar-refractivity contribution in [2.24, 2.45) is 0 Å². The van der Waals surface area contributed by atoms with Crippen LogP contribution in [-0.4, -0.2) is 11.0 Å². The first-order valence-corrected chi connectivity index (χ1v) is 6.45. The van der Waals surface area contributed by atoms with Crippen molar-refractivity contribution in [3.8, 4) is 17.2 Å². The van der Waals surface area contributed by atoms with E-state index in [-0.39, 0.29) is 23.3 Å². The van der Waals surface area contributed by atoms with Crippen LogP contribution in [-0.2, 0) is 0 Å². The summed E-state index contributed by atoms with van der Waals surface area (Å²) < 4.78 is 11.0. The van der Waals surface area contributed by atoms with E-state index in [0.717, 1.165) is 0 Å². The van der Waals surface area contributed by atoms with Gasteiger partial charge < -0.3 is 15.2 Å². The maximum absolute atomic E-state index is 11.3. The van der Waals surface area contributed by atoms with E-state index in [2.05, 4.69) is 0 Å². The molecule has 2 N–H and O–H groups in total. The number of rotatable bonds is 5. The molecule has 6 nitrogen and oxygen atoms in total. The molecule has 0 atom stereocenters. The summed E-state index contributed by atoms with van der Waals surface area (Å²) >= 11 is 0. The Morgan fingerprint density at radius 2 is 1.81 bits per heavy atom. The summed E-state index contributed by atoms with van der Waals surface area (Å²) in [6.45, 7) is 3.60. The van der Waals surface area contributed by atoms with E-state index < -0.39 is 4.92 Å². The zero-order chi connectivity index (χ0) is 15.4. The Kier molecular flexibility index (Phi) is 4.27. The number of ether oxygens (including phenoxy) is 2. The Labute approximate surface area is 122 Å². The van der Waals surface area contributed by atoms with Gasteiger partial charge in [0.05, 0.1) is 11.0 Å². The van der Waals surface area contributed by atoms with Crippen LogP contribution in [0.2, 0.25) is 0 Å². The fourth-order valence-corrected chi connectivity index (χ4v) is 1.82. The third kappa shape index (κ3) is 3.62. The van der Waals surface area contributed by atoms with Gasteiger partial charge >= 0.3 is 5.69 Å². The lowest BCUT2D eigenvalue weighted by atomic mass is 10.2. The van der Waals surface area contributed by atoms with Crippen LogP contribution in [0.4, 0.5) is 11.4 Å². The van der Waals surface area contributed by atoms with Gasteiger partial charge in [-0.3, -0.25) is 10.1 Å². The Balaban J connectivity index is 2.41. The van der Waals surface area contributed by atoms with Crippen molar-refractivity contribution in [1.82, 2.24) is 0 Å². The molecular formula is C15H16N2O4.